The van der Waals surface area contributed by atoms with Gasteiger partial charge in [0.15, 0.2) is 5.96 Å². The monoisotopic (exact) mass is 532 g/mol. The van der Waals surface area contributed by atoms with Gasteiger partial charge >= 0.3 is 0 Å². The molecule has 2 aliphatic heterocycles. The average Bonchev–Trinajstić information content (AvgIpc) is 2.77. The van der Waals surface area contributed by atoms with Crippen LogP contribution in [0, 0.1) is 5.82 Å². The van der Waals surface area contributed by atoms with Crippen molar-refractivity contribution in [2.75, 3.05) is 46.4 Å². The Kier molecular flexibility index (Phi) is 10.8. The van der Waals surface area contributed by atoms with Crippen LogP contribution in [-0.4, -0.2) is 63.3 Å². The Morgan fingerprint density at radius 2 is 1.93 bits per heavy atom. The van der Waals surface area contributed by atoms with E-state index >= 15 is 0 Å². The molecule has 1 atom stereocenters. The first-order valence-corrected chi connectivity index (χ1v) is 11.2. The summed E-state index contributed by atoms with van der Waals surface area (Å²) in [6.07, 6.45) is 7.08. The van der Waals surface area contributed by atoms with Gasteiger partial charge in [0, 0.05) is 51.4 Å². The minimum Gasteiger partial charge on any atom is -0.381 e. The zero-order chi connectivity index (χ0) is 20.5. The first-order chi connectivity index (χ1) is 14.2. The number of guanidine groups is 1. The topological polar surface area (TPSA) is 48.9 Å². The summed E-state index contributed by atoms with van der Waals surface area (Å²) in [4.78, 5) is 7.03. The Bertz CT molecular complexity index is 649. The van der Waals surface area contributed by atoms with Gasteiger partial charge in [-0.1, -0.05) is 25.5 Å². The van der Waals surface area contributed by atoms with Gasteiger partial charge < -0.3 is 15.4 Å². The number of hydrogen-bond acceptors (Lipinski definition) is 3. The average molecular weight is 532 g/mol. The maximum Gasteiger partial charge on any atom is 0.191 e. The fraction of sp³-hybridized carbons (Fsp3) is 0.696. The molecule has 2 fully saturated rings. The summed E-state index contributed by atoms with van der Waals surface area (Å²) in [5.41, 5.74) is 1.12. The predicted molar refractivity (Wildman–Crippen MR) is 132 cm³/mol. The van der Waals surface area contributed by atoms with Crippen LogP contribution in [-0.2, 0) is 10.2 Å². The van der Waals surface area contributed by atoms with Crippen molar-refractivity contribution < 1.29 is 9.13 Å². The molecule has 170 valence electrons. The zero-order valence-corrected chi connectivity index (χ0v) is 20.8. The Morgan fingerprint density at radius 3 is 2.60 bits per heavy atom. The highest BCUT2D eigenvalue weighted by Gasteiger charge is 2.34. The van der Waals surface area contributed by atoms with Crippen molar-refractivity contribution in [1.82, 2.24) is 15.5 Å². The highest BCUT2D eigenvalue weighted by Crippen LogP contribution is 2.34. The molecule has 0 radical (unpaired) electrons. The summed E-state index contributed by atoms with van der Waals surface area (Å²) >= 11 is 0. The molecule has 1 aromatic rings. The van der Waals surface area contributed by atoms with Crippen molar-refractivity contribution in [3.05, 3.63) is 35.6 Å². The van der Waals surface area contributed by atoms with Crippen LogP contribution in [0.1, 0.15) is 51.0 Å². The summed E-state index contributed by atoms with van der Waals surface area (Å²) in [7, 11) is 1.82. The third kappa shape index (κ3) is 6.79. The number of ether oxygens (including phenoxy) is 1. The van der Waals surface area contributed by atoms with Gasteiger partial charge in [0.25, 0.3) is 0 Å². The lowest BCUT2D eigenvalue weighted by molar-refractivity contribution is 0.0513. The smallest absolute Gasteiger partial charge is 0.191 e. The van der Waals surface area contributed by atoms with E-state index in [1.807, 2.05) is 19.2 Å². The maximum atomic E-state index is 13.4. The number of aliphatic imine (C=N–C) groups is 1. The van der Waals surface area contributed by atoms with Gasteiger partial charge in [-0.05, 0) is 56.3 Å². The van der Waals surface area contributed by atoms with Crippen LogP contribution < -0.4 is 10.6 Å². The summed E-state index contributed by atoms with van der Waals surface area (Å²) in [6, 6.07) is 7.68. The molecule has 5 nitrogen and oxygen atoms in total. The number of hydrogen-bond donors (Lipinski definition) is 2. The number of benzene rings is 1. The fourth-order valence-electron chi connectivity index (χ4n) is 4.74. The van der Waals surface area contributed by atoms with E-state index in [0.29, 0.717) is 0 Å². The van der Waals surface area contributed by atoms with E-state index in [0.717, 1.165) is 57.7 Å². The van der Waals surface area contributed by atoms with Crippen molar-refractivity contribution in [1.29, 1.82) is 0 Å². The van der Waals surface area contributed by atoms with E-state index < -0.39 is 0 Å². The quantitative estimate of drug-likeness (QED) is 0.318. The molecule has 3 rings (SSSR count). The lowest BCUT2D eigenvalue weighted by Gasteiger charge is -2.38. The van der Waals surface area contributed by atoms with Crippen molar-refractivity contribution in [2.45, 2.75) is 56.9 Å². The summed E-state index contributed by atoms with van der Waals surface area (Å²) in [5, 5.41) is 7.01. The molecule has 0 amide bonds. The molecule has 2 aliphatic rings. The predicted octanol–water partition coefficient (Wildman–Crippen LogP) is 3.92. The van der Waals surface area contributed by atoms with Crippen LogP contribution in [0.15, 0.2) is 29.3 Å². The lowest BCUT2D eigenvalue weighted by Crippen LogP contribution is -2.50. The van der Waals surface area contributed by atoms with Gasteiger partial charge in [0.05, 0.1) is 0 Å². The number of likely N-dealkylation sites (tertiary alicyclic amines) is 1. The van der Waals surface area contributed by atoms with Crippen LogP contribution >= 0.6 is 24.0 Å². The second-order valence-corrected chi connectivity index (χ2v) is 8.35. The standard InChI is InChI=1S/C23H37FN4O.HI/c1-3-21-6-4-5-14-28(21)15-13-26-22(25-2)27-18-23(11-16-29-17-12-23)19-7-9-20(24)10-8-19;/h7-10,21H,3-6,11-18H2,1-2H3,(H2,25,26,27);1H. The first kappa shape index (κ1) is 25.3. The molecule has 30 heavy (non-hydrogen) atoms. The molecule has 1 aromatic carbocycles. The lowest BCUT2D eigenvalue weighted by atomic mass is 9.74. The van der Waals surface area contributed by atoms with E-state index in [9.17, 15) is 4.39 Å². The minimum atomic E-state index is -0.190. The maximum absolute atomic E-state index is 13.4. The van der Waals surface area contributed by atoms with Gasteiger partial charge in [-0.15, -0.1) is 24.0 Å². The van der Waals surface area contributed by atoms with Crippen LogP contribution in [0.4, 0.5) is 4.39 Å². The highest BCUT2D eigenvalue weighted by molar-refractivity contribution is 14.0. The first-order valence-electron chi connectivity index (χ1n) is 11.2. The van der Waals surface area contributed by atoms with Gasteiger partial charge in [0.1, 0.15) is 5.82 Å². The van der Waals surface area contributed by atoms with E-state index in [1.165, 1.54) is 37.8 Å². The third-order valence-electron chi connectivity index (χ3n) is 6.64. The van der Waals surface area contributed by atoms with Gasteiger partial charge in [-0.3, -0.25) is 9.89 Å². The van der Waals surface area contributed by atoms with Crippen molar-refractivity contribution in [3.63, 3.8) is 0 Å². The Morgan fingerprint density at radius 1 is 1.20 bits per heavy atom. The molecule has 7 heteroatoms. The summed E-state index contributed by atoms with van der Waals surface area (Å²) < 4.78 is 19.0. The van der Waals surface area contributed by atoms with E-state index in [-0.39, 0.29) is 35.2 Å². The van der Waals surface area contributed by atoms with E-state index in [1.54, 1.807) is 12.1 Å². The van der Waals surface area contributed by atoms with Gasteiger partial charge in [-0.25, -0.2) is 4.39 Å². The largest absolute Gasteiger partial charge is 0.381 e. The molecule has 2 heterocycles. The minimum absolute atomic E-state index is 0. The molecule has 2 saturated heterocycles. The van der Waals surface area contributed by atoms with Crippen molar-refractivity contribution >= 4 is 29.9 Å². The van der Waals surface area contributed by atoms with E-state index in [4.69, 9.17) is 4.74 Å². The SMILES string of the molecule is CCC1CCCCN1CCNC(=NC)NCC1(c2ccc(F)cc2)CCOCC1.I. The third-order valence-corrected chi connectivity index (χ3v) is 6.64. The van der Waals surface area contributed by atoms with Gasteiger partial charge in [0.2, 0.25) is 0 Å². The van der Waals surface area contributed by atoms with Crippen LogP contribution in [0.5, 0.6) is 0 Å². The van der Waals surface area contributed by atoms with Crippen LogP contribution in [0.3, 0.4) is 0 Å². The Labute approximate surface area is 198 Å². The molecular formula is C23H38FIN4O. The molecule has 2 N–H and O–H groups in total. The molecule has 0 aromatic heterocycles. The highest BCUT2D eigenvalue weighted by atomic mass is 127. The molecular weight excluding hydrogens is 494 g/mol. The second kappa shape index (κ2) is 12.8. The molecule has 0 saturated carbocycles. The number of rotatable bonds is 7. The van der Waals surface area contributed by atoms with Crippen LogP contribution in [0.25, 0.3) is 0 Å². The van der Waals surface area contributed by atoms with Crippen molar-refractivity contribution in [3.8, 4) is 0 Å². The fourth-order valence-corrected chi connectivity index (χ4v) is 4.74. The summed E-state index contributed by atoms with van der Waals surface area (Å²) in [6.45, 7) is 7.68. The number of piperidine rings is 1. The zero-order valence-electron chi connectivity index (χ0n) is 18.5. The van der Waals surface area contributed by atoms with Crippen molar-refractivity contribution in [2.24, 2.45) is 4.99 Å². The number of nitrogens with one attached hydrogen (secondary N) is 2. The number of halogens is 2. The molecule has 0 bridgehead atoms. The normalized spacial score (nSPS) is 22.2. The van der Waals surface area contributed by atoms with E-state index in [2.05, 4.69) is 27.4 Å². The molecule has 0 spiro atoms. The van der Waals surface area contributed by atoms with Gasteiger partial charge in [-0.2, -0.15) is 0 Å². The molecule has 1 unspecified atom stereocenters. The number of nitrogens with zero attached hydrogens (tertiary/aromatic N) is 2. The second-order valence-electron chi connectivity index (χ2n) is 8.35. The molecule has 0 aliphatic carbocycles. The Balaban J connectivity index is 0.00000320. The summed E-state index contributed by atoms with van der Waals surface area (Å²) in [5.74, 6) is 0.646. The van der Waals surface area contributed by atoms with Crippen LogP contribution in [0.2, 0.25) is 0 Å². The Hall–Kier alpha value is -0.930.